The lowest BCUT2D eigenvalue weighted by Crippen LogP contribution is -2.61. The van der Waals surface area contributed by atoms with Gasteiger partial charge in [-0.15, -0.1) is 0 Å². The molecule has 12 heteroatoms. The van der Waals surface area contributed by atoms with Crippen molar-refractivity contribution in [2.45, 2.75) is 77.0 Å². The summed E-state index contributed by atoms with van der Waals surface area (Å²) in [7, 11) is 0. The van der Waals surface area contributed by atoms with Gasteiger partial charge in [0.1, 0.15) is 30.2 Å². The van der Waals surface area contributed by atoms with Crippen molar-refractivity contribution in [3.8, 4) is 5.75 Å². The Morgan fingerprint density at radius 3 is 2.26 bits per heavy atom. The Hall–Kier alpha value is -3.96. The Labute approximate surface area is 221 Å². The van der Waals surface area contributed by atoms with E-state index in [2.05, 4.69) is 16.0 Å². The molecule has 5 N–H and O–H groups in total. The fourth-order valence-electron chi connectivity index (χ4n) is 4.34. The molecule has 4 amide bonds. The number of phenols is 1. The lowest BCUT2D eigenvalue weighted by atomic mass is 9.96. The normalized spacial score (nSPS) is 17.6. The van der Waals surface area contributed by atoms with Crippen molar-refractivity contribution in [1.29, 1.82) is 0 Å². The molecule has 1 heterocycles. The van der Waals surface area contributed by atoms with Gasteiger partial charge >= 0.3 is 5.97 Å². The van der Waals surface area contributed by atoms with Gasteiger partial charge in [-0.05, 0) is 42.9 Å². The molecule has 0 aliphatic carbocycles. The number of benzene rings is 1. The number of rotatable bonds is 12. The number of likely N-dealkylation sites (tertiary alicyclic amines) is 1. The number of aliphatic carboxylic acids is 1. The molecule has 1 aliphatic rings. The van der Waals surface area contributed by atoms with Gasteiger partial charge in [-0.2, -0.15) is 0 Å². The maximum absolute atomic E-state index is 13.6. The molecule has 1 unspecified atom stereocenters. The van der Waals surface area contributed by atoms with Crippen LogP contribution in [-0.4, -0.2) is 81.7 Å². The zero-order valence-corrected chi connectivity index (χ0v) is 21.8. The van der Waals surface area contributed by atoms with Gasteiger partial charge in [0.25, 0.3) is 0 Å². The van der Waals surface area contributed by atoms with Gasteiger partial charge < -0.3 is 35.9 Å². The van der Waals surface area contributed by atoms with Crippen molar-refractivity contribution in [1.82, 2.24) is 20.9 Å². The van der Waals surface area contributed by atoms with Crippen LogP contribution in [0.2, 0.25) is 0 Å². The van der Waals surface area contributed by atoms with Crippen molar-refractivity contribution in [2.75, 3.05) is 6.54 Å². The first-order valence-corrected chi connectivity index (χ1v) is 12.6. The number of aromatic hydroxyl groups is 1. The molecule has 0 radical (unpaired) electrons. The van der Waals surface area contributed by atoms with E-state index in [1.165, 1.54) is 24.0 Å². The number of carboxylic acids is 1. The smallest absolute Gasteiger partial charge is 0.305 e. The monoisotopic (exact) mass is 532 g/mol. The second-order valence-electron chi connectivity index (χ2n) is 9.75. The number of hydrogen-bond donors (Lipinski definition) is 5. The average Bonchev–Trinajstić information content (AvgIpc) is 2.86. The number of carboxylic acid groups (broad SMARTS) is 1. The predicted molar refractivity (Wildman–Crippen MR) is 136 cm³/mol. The van der Waals surface area contributed by atoms with Crippen molar-refractivity contribution in [3.63, 3.8) is 0 Å². The molecule has 1 saturated heterocycles. The topological polar surface area (TPSA) is 182 Å². The molecule has 1 fully saturated rings. The Morgan fingerprint density at radius 1 is 1.05 bits per heavy atom. The van der Waals surface area contributed by atoms with Gasteiger partial charge in [-0.1, -0.05) is 26.0 Å². The molecule has 0 bridgehead atoms. The summed E-state index contributed by atoms with van der Waals surface area (Å²) in [5.74, 6) is -3.69. The van der Waals surface area contributed by atoms with E-state index in [9.17, 15) is 33.9 Å². The van der Waals surface area contributed by atoms with Gasteiger partial charge in [-0.25, -0.2) is 0 Å². The van der Waals surface area contributed by atoms with E-state index in [1.807, 2.05) is 0 Å². The molecule has 4 atom stereocenters. The summed E-state index contributed by atoms with van der Waals surface area (Å²) in [6.45, 7) is 5.01. The number of piperidine rings is 1. The minimum absolute atomic E-state index is 0.0577. The van der Waals surface area contributed by atoms with Crippen LogP contribution in [0.5, 0.6) is 5.75 Å². The maximum atomic E-state index is 13.6. The van der Waals surface area contributed by atoms with Gasteiger partial charge in [0.05, 0.1) is 12.5 Å². The number of carbonyl (C=O) groups is 6. The van der Waals surface area contributed by atoms with Crippen molar-refractivity contribution >= 4 is 35.9 Å². The van der Waals surface area contributed by atoms with Crippen LogP contribution in [0.25, 0.3) is 0 Å². The lowest BCUT2D eigenvalue weighted by molar-refractivity contribution is -0.147. The number of nitrogens with one attached hydrogen (secondary N) is 3. The van der Waals surface area contributed by atoms with Crippen LogP contribution in [0, 0.1) is 5.92 Å². The Bertz CT molecular complexity index is 1030. The Kier molecular flexibility index (Phi) is 11.2. The molecule has 1 aliphatic heterocycles. The van der Waals surface area contributed by atoms with E-state index >= 15 is 0 Å². The Morgan fingerprint density at radius 2 is 1.71 bits per heavy atom. The van der Waals surface area contributed by atoms with E-state index in [4.69, 9.17) is 5.11 Å². The van der Waals surface area contributed by atoms with Gasteiger partial charge in [0.15, 0.2) is 0 Å². The standard InChI is InChI=1S/C26H36N4O8/c1-15(2)23(29-24(36)20(27-16(3)32)12-17-7-9-19(33)10-8-17)26(38)30-11-5-4-6-21(30)25(37)28-18(14-31)13-22(34)35/h7-10,14-15,18,20-21,23,33H,4-6,11-13H2,1-3H3,(H,27,32)(H,28,37)(H,29,36)(H,34,35)/t18-,20-,21-,23?/m0/s1. The van der Waals surface area contributed by atoms with Crippen LogP contribution < -0.4 is 16.0 Å². The molecule has 38 heavy (non-hydrogen) atoms. The first kappa shape index (κ1) is 30.3. The van der Waals surface area contributed by atoms with Crippen LogP contribution >= 0.6 is 0 Å². The molecule has 0 aromatic heterocycles. The summed E-state index contributed by atoms with van der Waals surface area (Å²) in [6.07, 6.45) is 1.50. The quantitative estimate of drug-likeness (QED) is 0.235. The number of carbonyl (C=O) groups excluding carboxylic acids is 5. The summed E-state index contributed by atoms with van der Waals surface area (Å²) < 4.78 is 0. The molecule has 12 nitrogen and oxygen atoms in total. The highest BCUT2D eigenvalue weighted by Gasteiger charge is 2.38. The van der Waals surface area contributed by atoms with Gasteiger partial charge in [0.2, 0.25) is 23.6 Å². The fourth-order valence-corrected chi connectivity index (χ4v) is 4.34. The summed E-state index contributed by atoms with van der Waals surface area (Å²) in [4.78, 5) is 75.1. The third-order valence-electron chi connectivity index (χ3n) is 6.28. The van der Waals surface area contributed by atoms with E-state index in [1.54, 1.807) is 26.0 Å². The molecule has 0 saturated carbocycles. The van der Waals surface area contributed by atoms with Crippen molar-refractivity contribution < 1.29 is 39.0 Å². The second-order valence-corrected chi connectivity index (χ2v) is 9.75. The third kappa shape index (κ3) is 8.86. The molecule has 0 spiro atoms. The van der Waals surface area contributed by atoms with Crippen LogP contribution in [0.4, 0.5) is 0 Å². The van der Waals surface area contributed by atoms with Gasteiger partial charge in [0, 0.05) is 19.9 Å². The minimum atomic E-state index is -1.25. The molecule has 2 rings (SSSR count). The largest absolute Gasteiger partial charge is 0.508 e. The molecule has 1 aromatic carbocycles. The fraction of sp³-hybridized carbons (Fsp3) is 0.538. The molecular weight excluding hydrogens is 496 g/mol. The second kappa shape index (κ2) is 14.1. The average molecular weight is 533 g/mol. The minimum Gasteiger partial charge on any atom is -0.508 e. The van der Waals surface area contributed by atoms with Crippen LogP contribution in [0.3, 0.4) is 0 Å². The summed E-state index contributed by atoms with van der Waals surface area (Å²) in [5, 5.41) is 26.2. The highest BCUT2D eigenvalue weighted by atomic mass is 16.4. The highest BCUT2D eigenvalue weighted by molar-refractivity contribution is 5.95. The van der Waals surface area contributed by atoms with E-state index < -0.39 is 60.2 Å². The van der Waals surface area contributed by atoms with Crippen LogP contribution in [0.1, 0.15) is 52.0 Å². The molecule has 1 aromatic rings. The van der Waals surface area contributed by atoms with Crippen LogP contribution in [0.15, 0.2) is 24.3 Å². The first-order valence-electron chi connectivity index (χ1n) is 12.6. The Balaban J connectivity index is 2.20. The van der Waals surface area contributed by atoms with E-state index in [0.29, 0.717) is 31.1 Å². The maximum Gasteiger partial charge on any atom is 0.305 e. The van der Waals surface area contributed by atoms with Gasteiger partial charge in [-0.3, -0.25) is 24.0 Å². The predicted octanol–water partition coefficient (Wildman–Crippen LogP) is 0.120. The number of nitrogens with zero attached hydrogens (tertiary/aromatic N) is 1. The third-order valence-corrected chi connectivity index (χ3v) is 6.28. The first-order chi connectivity index (χ1) is 17.9. The number of amides is 4. The van der Waals surface area contributed by atoms with Crippen molar-refractivity contribution in [3.05, 3.63) is 29.8 Å². The SMILES string of the molecule is CC(=O)N[C@@H](Cc1ccc(O)cc1)C(=O)NC(C(=O)N1CCCC[C@H]1C(=O)N[C@H](C=O)CC(=O)O)C(C)C. The summed E-state index contributed by atoms with van der Waals surface area (Å²) in [6, 6.07) is 2.03. The summed E-state index contributed by atoms with van der Waals surface area (Å²) >= 11 is 0. The molecular formula is C26H36N4O8. The summed E-state index contributed by atoms with van der Waals surface area (Å²) in [5.41, 5.74) is 0.683. The number of phenolic OH excluding ortho intramolecular Hbond substituents is 1. The van der Waals surface area contributed by atoms with Crippen molar-refractivity contribution in [2.24, 2.45) is 5.92 Å². The molecule has 208 valence electrons. The number of hydrogen-bond acceptors (Lipinski definition) is 7. The lowest BCUT2D eigenvalue weighted by Gasteiger charge is -2.38. The number of aldehydes is 1. The zero-order chi connectivity index (χ0) is 28.4. The van der Waals surface area contributed by atoms with E-state index in [-0.39, 0.29) is 24.6 Å². The zero-order valence-electron chi connectivity index (χ0n) is 21.8. The highest BCUT2D eigenvalue weighted by Crippen LogP contribution is 2.21. The van der Waals surface area contributed by atoms with Crippen LogP contribution in [-0.2, 0) is 35.2 Å². The van der Waals surface area contributed by atoms with E-state index in [0.717, 1.165) is 0 Å².